The van der Waals surface area contributed by atoms with Crippen molar-refractivity contribution in [2.45, 2.75) is 28.2 Å². The van der Waals surface area contributed by atoms with Gasteiger partial charge in [0.2, 0.25) is 0 Å². The zero-order valence-corrected chi connectivity index (χ0v) is 6.76. The van der Waals surface area contributed by atoms with Gasteiger partial charge in [0, 0.05) is 0 Å². The van der Waals surface area contributed by atoms with Crippen LogP contribution in [0.3, 0.4) is 0 Å². The van der Waals surface area contributed by atoms with Crippen molar-refractivity contribution < 1.29 is 14.7 Å². The maximum absolute atomic E-state index is 10.4. The summed E-state index contributed by atoms with van der Waals surface area (Å²) in [5.74, 6) is -1.70. The molecule has 0 unspecified atom stereocenters. The largest absolute Gasteiger partial charge is 0.503 e. The van der Waals surface area contributed by atoms with Crippen LogP contribution in [0.5, 0.6) is 0 Å². The van der Waals surface area contributed by atoms with E-state index in [0.717, 1.165) is 0 Å². The number of carbonyl (C=O) groups is 2. The predicted octanol–water partition coefficient (Wildman–Crippen LogP) is 1.14. The van der Waals surface area contributed by atoms with E-state index in [1.807, 2.05) is 19.2 Å². The summed E-state index contributed by atoms with van der Waals surface area (Å²) in [6, 6.07) is 0. The van der Waals surface area contributed by atoms with Crippen LogP contribution in [-0.2, 0) is 9.59 Å². The number of amides is 2. The Bertz CT molecular complexity index is 196. The molecule has 0 saturated heterocycles. The van der Waals surface area contributed by atoms with Crippen molar-refractivity contribution in [1.82, 2.24) is 5.32 Å². The fourth-order valence-corrected chi connectivity index (χ4v) is 0.534. The molecule has 0 radical (unpaired) electrons. The van der Waals surface area contributed by atoms with Crippen LogP contribution in [0.25, 0.3) is 0 Å². The van der Waals surface area contributed by atoms with Gasteiger partial charge in [-0.3, -0.25) is 14.9 Å². The van der Waals surface area contributed by atoms with Gasteiger partial charge in [0.25, 0.3) is 11.8 Å². The van der Waals surface area contributed by atoms with Crippen LogP contribution in [0, 0.1) is 0 Å². The third-order valence-electron chi connectivity index (χ3n) is 1.14. The second-order valence-electron chi connectivity index (χ2n) is 1.76. The van der Waals surface area contributed by atoms with Crippen LogP contribution in [0.1, 0.15) is 28.2 Å². The molecule has 1 heterocycles. The van der Waals surface area contributed by atoms with E-state index in [9.17, 15) is 9.59 Å². The molecule has 1 aliphatic rings. The fraction of sp³-hybridized carbons (Fsp3) is 0.500. The minimum Gasteiger partial charge on any atom is -0.503 e. The van der Waals surface area contributed by atoms with E-state index >= 15 is 0 Å². The van der Waals surface area contributed by atoms with Crippen molar-refractivity contribution >= 4 is 11.8 Å². The SMILES string of the molecule is C.CC.CC1=C(O)C(=O)NC1=O. The third-order valence-corrected chi connectivity index (χ3v) is 1.14. The first-order chi connectivity index (χ1) is 5.13. The first-order valence-corrected chi connectivity index (χ1v) is 3.38. The third kappa shape index (κ3) is 2.38. The van der Waals surface area contributed by atoms with Gasteiger partial charge in [-0.15, -0.1) is 0 Å². The van der Waals surface area contributed by atoms with Crippen molar-refractivity contribution in [3.8, 4) is 0 Å². The number of imide groups is 1. The van der Waals surface area contributed by atoms with E-state index in [4.69, 9.17) is 5.11 Å². The molecule has 1 aliphatic heterocycles. The van der Waals surface area contributed by atoms with Crippen LogP contribution in [0.2, 0.25) is 0 Å². The Labute approximate surface area is 72.3 Å². The predicted molar refractivity (Wildman–Crippen MR) is 46.6 cm³/mol. The molecule has 0 aromatic heterocycles. The van der Waals surface area contributed by atoms with Gasteiger partial charge in [0.1, 0.15) is 0 Å². The van der Waals surface area contributed by atoms with Crippen LogP contribution in [0.4, 0.5) is 0 Å². The molecule has 12 heavy (non-hydrogen) atoms. The van der Waals surface area contributed by atoms with Crippen molar-refractivity contribution in [1.29, 1.82) is 0 Å². The highest BCUT2D eigenvalue weighted by Gasteiger charge is 2.25. The second kappa shape index (κ2) is 5.35. The van der Waals surface area contributed by atoms with Crippen LogP contribution < -0.4 is 5.32 Å². The lowest BCUT2D eigenvalue weighted by Crippen LogP contribution is -2.22. The lowest BCUT2D eigenvalue weighted by molar-refractivity contribution is -0.125. The number of aliphatic hydroxyl groups is 1. The molecule has 4 heteroatoms. The average molecular weight is 173 g/mol. The summed E-state index contributed by atoms with van der Waals surface area (Å²) in [6.45, 7) is 5.38. The smallest absolute Gasteiger partial charge is 0.293 e. The minimum absolute atomic E-state index is 0. The van der Waals surface area contributed by atoms with Crippen LogP contribution in [-0.4, -0.2) is 16.9 Å². The van der Waals surface area contributed by atoms with E-state index in [-0.39, 0.29) is 13.0 Å². The highest BCUT2D eigenvalue weighted by molar-refractivity contribution is 6.17. The monoisotopic (exact) mass is 173 g/mol. The van der Waals surface area contributed by atoms with Crippen molar-refractivity contribution in [3.63, 3.8) is 0 Å². The maximum Gasteiger partial charge on any atom is 0.293 e. The summed E-state index contributed by atoms with van der Waals surface area (Å²) in [6.07, 6.45) is 0. The molecule has 0 saturated carbocycles. The Morgan fingerprint density at radius 1 is 1.17 bits per heavy atom. The molecule has 0 bridgehead atoms. The number of nitrogens with one attached hydrogen (secondary N) is 1. The van der Waals surface area contributed by atoms with E-state index in [1.165, 1.54) is 6.92 Å². The molecule has 2 amide bonds. The van der Waals surface area contributed by atoms with E-state index < -0.39 is 17.6 Å². The summed E-state index contributed by atoms with van der Waals surface area (Å²) < 4.78 is 0. The summed E-state index contributed by atoms with van der Waals surface area (Å²) in [5.41, 5.74) is 0.0833. The molecule has 70 valence electrons. The zero-order chi connectivity index (χ0) is 9.02. The summed E-state index contributed by atoms with van der Waals surface area (Å²) in [5, 5.41) is 10.6. The molecule has 4 nitrogen and oxygen atoms in total. The lowest BCUT2D eigenvalue weighted by Gasteiger charge is -1.83. The Morgan fingerprint density at radius 3 is 1.67 bits per heavy atom. The van der Waals surface area contributed by atoms with E-state index in [2.05, 4.69) is 0 Å². The summed E-state index contributed by atoms with van der Waals surface area (Å²) >= 11 is 0. The molecule has 1 rings (SSSR count). The van der Waals surface area contributed by atoms with Crippen molar-refractivity contribution in [2.24, 2.45) is 0 Å². The molecule has 2 N–H and O–H groups in total. The highest BCUT2D eigenvalue weighted by Crippen LogP contribution is 2.06. The van der Waals surface area contributed by atoms with Crippen LogP contribution >= 0.6 is 0 Å². The number of hydrogen-bond acceptors (Lipinski definition) is 3. The van der Waals surface area contributed by atoms with Gasteiger partial charge < -0.3 is 5.11 Å². The Hall–Kier alpha value is -1.32. The Kier molecular flexibility index (Phi) is 5.92. The summed E-state index contributed by atoms with van der Waals surface area (Å²) in [7, 11) is 0. The van der Waals surface area contributed by atoms with Gasteiger partial charge in [-0.05, 0) is 6.92 Å². The van der Waals surface area contributed by atoms with Gasteiger partial charge in [0.05, 0.1) is 5.57 Å². The molecule has 0 aliphatic carbocycles. The van der Waals surface area contributed by atoms with Gasteiger partial charge in [-0.2, -0.15) is 0 Å². The first-order valence-electron chi connectivity index (χ1n) is 3.38. The van der Waals surface area contributed by atoms with Gasteiger partial charge in [-0.25, -0.2) is 0 Å². The second-order valence-corrected chi connectivity index (χ2v) is 1.76. The van der Waals surface area contributed by atoms with Crippen molar-refractivity contribution in [3.05, 3.63) is 11.3 Å². The molecular weight excluding hydrogens is 158 g/mol. The highest BCUT2D eigenvalue weighted by atomic mass is 16.3. The molecule has 0 fully saturated rings. The standard InChI is InChI=1S/C5H5NO3.C2H6.CH4/c1-2-3(7)5(9)6-4(2)8;1-2;/h1H3,(H2,6,7,8,9);1-2H3;1H4. The number of carbonyl (C=O) groups excluding carboxylic acids is 2. The molecule has 0 spiro atoms. The average Bonchev–Trinajstić information content (AvgIpc) is 2.22. The molecule has 0 aromatic carbocycles. The van der Waals surface area contributed by atoms with Gasteiger partial charge >= 0.3 is 0 Å². The van der Waals surface area contributed by atoms with E-state index in [1.54, 1.807) is 0 Å². The zero-order valence-electron chi connectivity index (χ0n) is 6.76. The molecule has 0 atom stereocenters. The topological polar surface area (TPSA) is 66.4 Å². The van der Waals surface area contributed by atoms with Crippen LogP contribution in [0.15, 0.2) is 11.3 Å². The van der Waals surface area contributed by atoms with Gasteiger partial charge in [0.15, 0.2) is 5.76 Å². The molecule has 0 aromatic rings. The number of hydrogen-bond donors (Lipinski definition) is 2. The molecular formula is C8H15NO3. The first kappa shape index (κ1) is 13.3. The summed E-state index contributed by atoms with van der Waals surface area (Å²) in [4.78, 5) is 20.8. The maximum atomic E-state index is 10.4. The lowest BCUT2D eigenvalue weighted by atomic mass is 10.3. The van der Waals surface area contributed by atoms with Crippen molar-refractivity contribution in [2.75, 3.05) is 0 Å². The normalized spacial score (nSPS) is 14.6. The number of rotatable bonds is 0. The minimum atomic E-state index is -0.711. The number of aliphatic hydroxyl groups excluding tert-OH is 1. The Balaban J connectivity index is 0. The van der Waals surface area contributed by atoms with E-state index in [0.29, 0.717) is 0 Å². The fourth-order valence-electron chi connectivity index (χ4n) is 0.534. The quantitative estimate of drug-likeness (QED) is 0.540. The Morgan fingerprint density at radius 2 is 1.58 bits per heavy atom. The van der Waals surface area contributed by atoms with Gasteiger partial charge in [-0.1, -0.05) is 21.3 Å².